The van der Waals surface area contributed by atoms with E-state index >= 15 is 0 Å². The highest BCUT2D eigenvalue weighted by molar-refractivity contribution is 5.97. The molecule has 1 saturated heterocycles. The maximum absolute atomic E-state index is 13.1. The summed E-state index contributed by atoms with van der Waals surface area (Å²) in [5.41, 5.74) is 3.20. The van der Waals surface area contributed by atoms with Crippen LogP contribution in [0.4, 0.5) is 10.1 Å². The summed E-state index contributed by atoms with van der Waals surface area (Å²) in [6, 6.07) is 9.77. The highest BCUT2D eigenvalue weighted by Gasteiger charge is 2.31. The maximum Gasteiger partial charge on any atom is 0.256 e. The molecule has 1 aromatic heterocycles. The molecule has 1 fully saturated rings. The number of aryl methyl sites for hydroxylation is 1. The molecule has 0 N–H and O–H groups in total. The maximum atomic E-state index is 13.1. The van der Waals surface area contributed by atoms with Gasteiger partial charge in [0.2, 0.25) is 0 Å². The SMILES string of the molecule is CC(C(=O)Cc1ccc(F)cc1)c1ccc2c(n1)CCCN2C(=O)C1CCCCO1. The first-order valence-electron chi connectivity index (χ1n) is 10.7. The second kappa shape index (κ2) is 9.04. The number of anilines is 1. The predicted octanol–water partition coefficient (Wildman–Crippen LogP) is 3.98. The first-order chi connectivity index (χ1) is 14.5. The molecular weight excluding hydrogens is 383 g/mol. The largest absolute Gasteiger partial charge is 0.368 e. The van der Waals surface area contributed by atoms with Crippen LogP contribution in [0.25, 0.3) is 0 Å². The minimum atomic E-state index is -0.367. The van der Waals surface area contributed by atoms with Crippen LogP contribution in [0, 0.1) is 5.82 Å². The number of hydrogen-bond acceptors (Lipinski definition) is 4. The van der Waals surface area contributed by atoms with Crippen molar-refractivity contribution in [3.63, 3.8) is 0 Å². The van der Waals surface area contributed by atoms with Gasteiger partial charge in [-0.3, -0.25) is 14.6 Å². The topological polar surface area (TPSA) is 59.5 Å². The smallest absolute Gasteiger partial charge is 0.256 e. The average Bonchev–Trinajstić information content (AvgIpc) is 2.79. The fourth-order valence-corrected chi connectivity index (χ4v) is 4.17. The number of fused-ring (bicyclic) bond motifs is 1. The fourth-order valence-electron chi connectivity index (χ4n) is 4.17. The van der Waals surface area contributed by atoms with E-state index in [4.69, 9.17) is 9.72 Å². The number of pyridine rings is 1. The second-order valence-corrected chi connectivity index (χ2v) is 8.14. The van der Waals surface area contributed by atoms with Crippen molar-refractivity contribution in [2.45, 2.75) is 57.5 Å². The Morgan fingerprint density at radius 1 is 1.17 bits per heavy atom. The summed E-state index contributed by atoms with van der Waals surface area (Å²) in [4.78, 5) is 32.2. The number of carbonyl (C=O) groups is 2. The van der Waals surface area contributed by atoms with Crippen molar-refractivity contribution in [2.24, 2.45) is 0 Å². The number of ether oxygens (including phenoxy) is 1. The Balaban J connectivity index is 1.49. The fraction of sp³-hybridized carbons (Fsp3) is 0.458. The number of ketones is 1. The van der Waals surface area contributed by atoms with Crippen LogP contribution in [-0.2, 0) is 27.2 Å². The molecule has 0 bridgehead atoms. The van der Waals surface area contributed by atoms with Crippen molar-refractivity contribution >= 4 is 17.4 Å². The van der Waals surface area contributed by atoms with E-state index < -0.39 is 0 Å². The molecule has 6 heteroatoms. The zero-order valence-corrected chi connectivity index (χ0v) is 17.3. The molecule has 0 spiro atoms. The summed E-state index contributed by atoms with van der Waals surface area (Å²) in [7, 11) is 0. The summed E-state index contributed by atoms with van der Waals surface area (Å²) in [6.07, 6.45) is 4.31. The van der Waals surface area contributed by atoms with Gasteiger partial charge in [-0.25, -0.2) is 4.39 Å². The molecule has 1 aromatic carbocycles. The number of Topliss-reactive ketones (excluding diaryl/α,β-unsaturated/α-hetero) is 1. The van der Waals surface area contributed by atoms with Crippen LogP contribution >= 0.6 is 0 Å². The zero-order chi connectivity index (χ0) is 21.1. The third-order valence-corrected chi connectivity index (χ3v) is 6.00. The van der Waals surface area contributed by atoms with Gasteiger partial charge >= 0.3 is 0 Å². The van der Waals surface area contributed by atoms with Crippen LogP contribution < -0.4 is 4.90 Å². The minimum absolute atomic E-state index is 0.0191. The molecule has 0 aliphatic carbocycles. The van der Waals surface area contributed by atoms with Gasteiger partial charge in [0.25, 0.3) is 5.91 Å². The van der Waals surface area contributed by atoms with E-state index in [0.717, 1.165) is 49.0 Å². The molecule has 2 aromatic rings. The van der Waals surface area contributed by atoms with E-state index in [1.807, 2.05) is 19.1 Å². The van der Waals surface area contributed by atoms with Crippen molar-refractivity contribution in [2.75, 3.05) is 18.1 Å². The van der Waals surface area contributed by atoms with Gasteiger partial charge in [-0.05, 0) is 68.9 Å². The number of hydrogen-bond donors (Lipinski definition) is 0. The van der Waals surface area contributed by atoms with Gasteiger partial charge in [-0.15, -0.1) is 0 Å². The molecular formula is C24H27FN2O3. The van der Waals surface area contributed by atoms with Gasteiger partial charge in [0.05, 0.1) is 23.0 Å². The van der Waals surface area contributed by atoms with Crippen molar-refractivity contribution in [3.8, 4) is 0 Å². The van der Waals surface area contributed by atoms with Crippen LogP contribution in [0.2, 0.25) is 0 Å². The predicted molar refractivity (Wildman–Crippen MR) is 112 cm³/mol. The second-order valence-electron chi connectivity index (χ2n) is 8.14. The van der Waals surface area contributed by atoms with Gasteiger partial charge in [0.1, 0.15) is 17.7 Å². The van der Waals surface area contributed by atoms with E-state index in [1.165, 1.54) is 12.1 Å². The number of nitrogens with zero attached hydrogens (tertiary/aromatic N) is 2. The minimum Gasteiger partial charge on any atom is -0.368 e. The lowest BCUT2D eigenvalue weighted by Crippen LogP contribution is -2.44. The highest BCUT2D eigenvalue weighted by Crippen LogP contribution is 2.30. The summed E-state index contributed by atoms with van der Waals surface area (Å²) in [5.74, 6) is -0.625. The van der Waals surface area contributed by atoms with Gasteiger partial charge < -0.3 is 9.64 Å². The van der Waals surface area contributed by atoms with E-state index in [9.17, 15) is 14.0 Å². The van der Waals surface area contributed by atoms with Gasteiger partial charge in [-0.1, -0.05) is 12.1 Å². The monoisotopic (exact) mass is 410 g/mol. The van der Waals surface area contributed by atoms with E-state index in [0.29, 0.717) is 18.8 Å². The Labute approximate surface area is 176 Å². The first kappa shape index (κ1) is 20.7. The molecule has 0 saturated carbocycles. The third-order valence-electron chi connectivity index (χ3n) is 6.00. The molecule has 2 atom stereocenters. The van der Waals surface area contributed by atoms with Crippen molar-refractivity contribution in [1.29, 1.82) is 0 Å². The Bertz CT molecular complexity index is 923. The number of rotatable bonds is 5. The Morgan fingerprint density at radius 3 is 2.70 bits per heavy atom. The van der Waals surface area contributed by atoms with E-state index in [-0.39, 0.29) is 36.0 Å². The van der Waals surface area contributed by atoms with E-state index in [2.05, 4.69) is 0 Å². The molecule has 3 heterocycles. The third kappa shape index (κ3) is 4.43. The first-order valence-corrected chi connectivity index (χ1v) is 10.7. The van der Waals surface area contributed by atoms with Crippen LogP contribution in [0.5, 0.6) is 0 Å². The highest BCUT2D eigenvalue weighted by atomic mass is 19.1. The Kier molecular flexibility index (Phi) is 6.23. The standard InChI is InChI=1S/C24H27FN2O3/c1-16(22(28)15-17-7-9-18(25)10-8-17)19-11-12-21-20(26-19)5-4-13-27(21)24(29)23-6-2-3-14-30-23/h7-12,16,23H,2-6,13-15H2,1H3. The summed E-state index contributed by atoms with van der Waals surface area (Å²) in [5, 5.41) is 0. The number of benzene rings is 1. The van der Waals surface area contributed by atoms with Crippen LogP contribution in [0.3, 0.4) is 0 Å². The number of carbonyl (C=O) groups excluding carboxylic acids is 2. The van der Waals surface area contributed by atoms with Crippen LogP contribution in [0.1, 0.15) is 55.5 Å². The summed E-state index contributed by atoms with van der Waals surface area (Å²) >= 11 is 0. The zero-order valence-electron chi connectivity index (χ0n) is 17.3. The molecule has 2 unspecified atom stereocenters. The Morgan fingerprint density at radius 2 is 1.97 bits per heavy atom. The molecule has 30 heavy (non-hydrogen) atoms. The molecule has 2 aliphatic rings. The van der Waals surface area contributed by atoms with Crippen molar-refractivity contribution < 1.29 is 18.7 Å². The molecule has 5 nitrogen and oxygen atoms in total. The quantitative estimate of drug-likeness (QED) is 0.748. The molecule has 2 aliphatic heterocycles. The van der Waals surface area contributed by atoms with Crippen LogP contribution in [-0.4, -0.2) is 35.9 Å². The molecule has 4 rings (SSSR count). The molecule has 0 radical (unpaired) electrons. The lowest BCUT2D eigenvalue weighted by molar-refractivity contribution is -0.132. The molecule has 1 amide bonds. The number of halogens is 1. The van der Waals surface area contributed by atoms with Gasteiger partial charge in [0.15, 0.2) is 0 Å². The number of aromatic nitrogens is 1. The lowest BCUT2D eigenvalue weighted by Gasteiger charge is -2.33. The Hall–Kier alpha value is -2.60. The van der Waals surface area contributed by atoms with Crippen molar-refractivity contribution in [3.05, 3.63) is 59.2 Å². The summed E-state index contributed by atoms with van der Waals surface area (Å²) < 4.78 is 18.8. The van der Waals surface area contributed by atoms with Gasteiger partial charge in [0, 0.05) is 19.6 Å². The van der Waals surface area contributed by atoms with Gasteiger partial charge in [-0.2, -0.15) is 0 Å². The average molecular weight is 410 g/mol. The van der Waals surface area contributed by atoms with E-state index in [1.54, 1.807) is 17.0 Å². The summed E-state index contributed by atoms with van der Waals surface area (Å²) in [6.45, 7) is 3.16. The molecule has 158 valence electrons. The lowest BCUT2D eigenvalue weighted by atomic mass is 9.95. The van der Waals surface area contributed by atoms with Crippen LogP contribution in [0.15, 0.2) is 36.4 Å². The normalized spacial score (nSPS) is 19.8. The number of amides is 1. The van der Waals surface area contributed by atoms with Crippen molar-refractivity contribution in [1.82, 2.24) is 4.98 Å².